The molecule has 6 rings (SSSR count). The van der Waals surface area contributed by atoms with Gasteiger partial charge in [-0.1, -0.05) is 70.0 Å². The number of rotatable bonds is 8. The third-order valence-electron chi connectivity index (χ3n) is 15.6. The van der Waals surface area contributed by atoms with Crippen molar-refractivity contribution < 1.29 is 42.9 Å². The fraction of sp³-hybridized carbons (Fsp3) is 0.857. The summed E-state index contributed by atoms with van der Waals surface area (Å²) < 4.78 is 29.9. The smallest absolute Gasteiger partial charge is 0.303 e. The highest BCUT2D eigenvalue weighted by atomic mass is 79.9. The van der Waals surface area contributed by atoms with Gasteiger partial charge in [-0.3, -0.25) is 19.2 Å². The molecule has 0 aromatic rings. The highest BCUT2D eigenvalue weighted by Crippen LogP contribution is 2.76. The van der Waals surface area contributed by atoms with E-state index in [9.17, 15) is 19.2 Å². The number of hydrogen-bond acceptors (Lipinski definition) is 9. The number of allylic oxidation sites excluding steroid dienone is 1. The number of ketones is 1. The van der Waals surface area contributed by atoms with Gasteiger partial charge in [-0.15, -0.1) is 0 Å². The molecule has 292 valence electrons. The van der Waals surface area contributed by atoms with Crippen molar-refractivity contribution in [2.24, 2.45) is 50.7 Å². The summed E-state index contributed by atoms with van der Waals surface area (Å²) in [4.78, 5) is 49.6. The Labute approximate surface area is 319 Å². The van der Waals surface area contributed by atoms with E-state index in [1.807, 2.05) is 0 Å². The second kappa shape index (κ2) is 14.1. The molecule has 12 atom stereocenters. The molecule has 4 saturated carbocycles. The van der Waals surface area contributed by atoms with Crippen LogP contribution >= 0.6 is 15.9 Å². The number of alkyl halides is 1. The fourth-order valence-electron chi connectivity index (χ4n) is 13.2. The van der Waals surface area contributed by atoms with Crippen LogP contribution in [0.2, 0.25) is 0 Å². The maximum atomic E-state index is 14.1. The van der Waals surface area contributed by atoms with Crippen LogP contribution in [0, 0.1) is 50.7 Å². The van der Waals surface area contributed by atoms with Crippen LogP contribution in [0.4, 0.5) is 0 Å². The van der Waals surface area contributed by atoms with Crippen LogP contribution in [0.3, 0.4) is 0 Å². The molecule has 5 aliphatic carbocycles. The molecular weight excluding hydrogens is 728 g/mol. The lowest BCUT2D eigenvalue weighted by Crippen LogP contribution is -2.66. The molecule has 0 amide bonds. The first-order valence-electron chi connectivity index (χ1n) is 19.9. The lowest BCUT2D eigenvalue weighted by atomic mass is 9.33. The minimum Gasteiger partial charge on any atom is -0.463 e. The van der Waals surface area contributed by atoms with E-state index in [0.717, 1.165) is 56.9 Å². The highest BCUT2D eigenvalue weighted by Gasteiger charge is 2.70. The summed E-state index contributed by atoms with van der Waals surface area (Å²) in [5.74, 6) is 0.655. The molecule has 6 aliphatic rings. The molecule has 4 unspecified atom stereocenters. The Morgan fingerprint density at radius 2 is 1.54 bits per heavy atom. The van der Waals surface area contributed by atoms with Gasteiger partial charge in [-0.25, -0.2) is 0 Å². The number of Topliss-reactive ketones (excluding diaryl/α,β-unsaturated/α-hetero) is 1. The van der Waals surface area contributed by atoms with Crippen molar-refractivity contribution in [2.75, 3.05) is 13.2 Å². The van der Waals surface area contributed by atoms with Gasteiger partial charge in [0.05, 0.1) is 11.4 Å². The zero-order valence-corrected chi connectivity index (χ0v) is 34.8. The van der Waals surface area contributed by atoms with Gasteiger partial charge in [-0.05, 0) is 96.9 Å². The third-order valence-corrected chi connectivity index (χ3v) is 16.5. The molecule has 0 aromatic heterocycles. The summed E-state index contributed by atoms with van der Waals surface area (Å²) in [7, 11) is 0. The summed E-state index contributed by atoms with van der Waals surface area (Å²) in [6, 6.07) is 0. The van der Waals surface area contributed by atoms with E-state index >= 15 is 0 Å². The van der Waals surface area contributed by atoms with Crippen molar-refractivity contribution in [1.29, 1.82) is 0 Å². The molecular formula is C42H63BrO9. The number of carbonyl (C=O) groups is 4. The number of esters is 3. The van der Waals surface area contributed by atoms with E-state index < -0.39 is 35.9 Å². The molecule has 0 bridgehead atoms. The van der Waals surface area contributed by atoms with Gasteiger partial charge in [-0.2, -0.15) is 0 Å². The van der Waals surface area contributed by atoms with Crippen molar-refractivity contribution in [1.82, 2.24) is 0 Å². The topological polar surface area (TPSA) is 114 Å². The average Bonchev–Trinajstić information content (AvgIpc) is 3.34. The second-order valence-electron chi connectivity index (χ2n) is 19.0. The second-order valence-corrected chi connectivity index (χ2v) is 20.2. The Hall–Kier alpha value is -1.78. The van der Waals surface area contributed by atoms with Crippen LogP contribution < -0.4 is 0 Å². The van der Waals surface area contributed by atoms with Crippen LogP contribution in [-0.2, 0) is 42.9 Å². The number of fused-ring (bicyclic) bond motifs is 7. The third kappa shape index (κ3) is 6.44. The molecule has 0 radical (unpaired) electrons. The zero-order valence-electron chi connectivity index (χ0n) is 33.2. The molecule has 1 aliphatic heterocycles. The number of halogens is 1. The minimum absolute atomic E-state index is 0.0268. The molecule has 5 fully saturated rings. The monoisotopic (exact) mass is 790 g/mol. The maximum absolute atomic E-state index is 14.1. The van der Waals surface area contributed by atoms with Crippen LogP contribution in [0.25, 0.3) is 0 Å². The van der Waals surface area contributed by atoms with Gasteiger partial charge in [0.25, 0.3) is 0 Å². The Morgan fingerprint density at radius 3 is 2.17 bits per heavy atom. The van der Waals surface area contributed by atoms with E-state index in [1.54, 1.807) is 0 Å². The molecule has 10 heteroatoms. The van der Waals surface area contributed by atoms with E-state index in [1.165, 1.54) is 26.3 Å². The summed E-state index contributed by atoms with van der Waals surface area (Å²) in [5, 5.41) is 0. The zero-order chi connectivity index (χ0) is 38.2. The van der Waals surface area contributed by atoms with Crippen LogP contribution in [0.1, 0.15) is 133 Å². The largest absolute Gasteiger partial charge is 0.463 e. The van der Waals surface area contributed by atoms with Crippen molar-refractivity contribution >= 4 is 39.6 Å². The first kappa shape index (κ1) is 39.9. The fourth-order valence-corrected chi connectivity index (χ4v) is 14.0. The SMILES string of the molecule is CC(=O)OC[C@H]1O[C@H](OC[C@@]23CC[C@]4(C)C(CCC5[C@@]6(C)CCC(OC(C)=O)C(C)(C)C6CC[C@]54C)C2=C(C(C)C)C(=O)C3)C[C@@H](Br)[C@@H]1OC(C)=O. The van der Waals surface area contributed by atoms with Crippen LogP contribution in [-0.4, -0.2) is 66.3 Å². The van der Waals surface area contributed by atoms with E-state index in [4.69, 9.17) is 23.7 Å². The summed E-state index contributed by atoms with van der Waals surface area (Å²) in [5.41, 5.74) is 2.17. The molecule has 9 nitrogen and oxygen atoms in total. The Morgan fingerprint density at radius 1 is 0.846 bits per heavy atom. The maximum Gasteiger partial charge on any atom is 0.303 e. The van der Waals surface area contributed by atoms with Crippen molar-refractivity contribution in [3.63, 3.8) is 0 Å². The number of hydrogen-bond donors (Lipinski definition) is 0. The summed E-state index contributed by atoms with van der Waals surface area (Å²) in [6.45, 7) is 21.3. The lowest BCUT2D eigenvalue weighted by Gasteiger charge is -2.72. The Bertz CT molecular complexity index is 1490. The molecule has 52 heavy (non-hydrogen) atoms. The molecule has 0 aromatic carbocycles. The van der Waals surface area contributed by atoms with Crippen LogP contribution in [0.15, 0.2) is 11.1 Å². The highest BCUT2D eigenvalue weighted by molar-refractivity contribution is 9.09. The van der Waals surface area contributed by atoms with Gasteiger partial charge in [0, 0.05) is 44.4 Å². The lowest BCUT2D eigenvalue weighted by molar-refractivity contribution is -0.248. The van der Waals surface area contributed by atoms with Gasteiger partial charge in [0.2, 0.25) is 0 Å². The standard InChI is InChI=1S/C42H63BrO9/c1-23(2)35-29(47)20-42(22-49-34-19-28(43)37(51-26(5)46)30(52-34)21-48-24(3)44)18-17-40(9)27(36(35)42)11-12-32-39(8)15-14-33(50-25(4)45)38(6,7)31(39)13-16-41(32,40)10/h23,27-28,30-34,37H,11-22H2,1-10H3/t27?,28-,30-,31?,32?,33?,34+,37+,39+,40-,41-,42+/m1/s1. The Balaban J connectivity index is 1.27. The van der Waals surface area contributed by atoms with E-state index in [0.29, 0.717) is 37.2 Å². The normalized spacial score (nSPS) is 43.9. The number of ether oxygens (including phenoxy) is 5. The van der Waals surface area contributed by atoms with Gasteiger partial charge in [0.15, 0.2) is 12.1 Å². The molecule has 0 N–H and O–H groups in total. The predicted molar refractivity (Wildman–Crippen MR) is 199 cm³/mol. The van der Waals surface area contributed by atoms with Crippen LogP contribution in [0.5, 0.6) is 0 Å². The average molecular weight is 792 g/mol. The van der Waals surface area contributed by atoms with Gasteiger partial charge >= 0.3 is 17.9 Å². The minimum atomic E-state index is -0.685. The first-order chi connectivity index (χ1) is 24.2. The van der Waals surface area contributed by atoms with Crippen molar-refractivity contribution in [3.05, 3.63) is 11.1 Å². The van der Waals surface area contributed by atoms with Gasteiger partial charge in [0.1, 0.15) is 24.9 Å². The predicted octanol–water partition coefficient (Wildman–Crippen LogP) is 8.29. The number of carbonyl (C=O) groups excluding carboxylic acids is 4. The summed E-state index contributed by atoms with van der Waals surface area (Å²) >= 11 is 3.71. The molecule has 1 heterocycles. The van der Waals surface area contributed by atoms with Crippen molar-refractivity contribution in [3.8, 4) is 0 Å². The quantitative estimate of drug-likeness (QED) is 0.136. The van der Waals surface area contributed by atoms with E-state index in [2.05, 4.69) is 64.4 Å². The van der Waals surface area contributed by atoms with E-state index in [-0.39, 0.29) is 56.9 Å². The summed E-state index contributed by atoms with van der Waals surface area (Å²) in [6.07, 6.45) is 7.28. The first-order valence-corrected chi connectivity index (χ1v) is 20.8. The van der Waals surface area contributed by atoms with Gasteiger partial charge < -0.3 is 23.7 Å². The Kier molecular flexibility index (Phi) is 10.8. The van der Waals surface area contributed by atoms with Crippen molar-refractivity contribution in [2.45, 2.75) is 163 Å². The molecule has 0 spiro atoms. The molecule has 1 saturated heterocycles.